The van der Waals surface area contributed by atoms with Gasteiger partial charge in [-0.2, -0.15) is 0 Å². The van der Waals surface area contributed by atoms with Crippen molar-refractivity contribution in [3.05, 3.63) is 47.7 Å². The lowest BCUT2D eigenvalue weighted by Gasteiger charge is -2.08. The summed E-state index contributed by atoms with van der Waals surface area (Å²) in [6.45, 7) is 1.74. The second-order valence-electron chi connectivity index (χ2n) is 3.60. The lowest BCUT2D eigenvalue weighted by Crippen LogP contribution is -1.95. The van der Waals surface area contributed by atoms with Gasteiger partial charge in [-0.3, -0.25) is 0 Å². The fraction of sp³-hybridized carbons (Fsp3) is 0.0833. The first kappa shape index (κ1) is 11.3. The van der Waals surface area contributed by atoms with Crippen molar-refractivity contribution in [2.75, 3.05) is 5.73 Å². The maximum absolute atomic E-state index is 12.9. The van der Waals surface area contributed by atoms with E-state index in [-0.39, 0.29) is 11.6 Å². The molecule has 3 nitrogen and oxygen atoms in total. The molecule has 2 aromatic rings. The number of ether oxygens (including phenoxy) is 1. The van der Waals surface area contributed by atoms with Crippen LogP contribution in [0.2, 0.25) is 0 Å². The highest BCUT2D eigenvalue weighted by atomic mass is 19.1. The Labute approximate surface area is 96.9 Å². The second kappa shape index (κ2) is 4.37. The quantitative estimate of drug-likeness (QED) is 0.871. The van der Waals surface area contributed by atoms with Gasteiger partial charge in [0.2, 0.25) is 5.88 Å². The Morgan fingerprint density at radius 2 is 1.76 bits per heavy atom. The first-order valence-corrected chi connectivity index (χ1v) is 4.90. The van der Waals surface area contributed by atoms with Crippen molar-refractivity contribution in [3.63, 3.8) is 0 Å². The Morgan fingerprint density at radius 1 is 1.12 bits per heavy atom. The van der Waals surface area contributed by atoms with Crippen LogP contribution in [0.15, 0.2) is 30.5 Å². The topological polar surface area (TPSA) is 48.1 Å². The molecule has 0 radical (unpaired) electrons. The molecule has 0 aliphatic carbocycles. The number of halogens is 2. The molecule has 0 atom stereocenters. The number of pyridine rings is 1. The van der Waals surface area contributed by atoms with E-state index in [1.54, 1.807) is 13.0 Å². The van der Waals surface area contributed by atoms with Gasteiger partial charge in [0, 0.05) is 23.8 Å². The standard InChI is InChI=1S/C12H10F2N2O/c1-7-2-10(15)6-16-12(7)17-11-4-8(13)3-9(14)5-11/h2-6H,15H2,1H3. The zero-order valence-electron chi connectivity index (χ0n) is 9.08. The molecule has 0 fully saturated rings. The van der Waals surface area contributed by atoms with Crippen molar-refractivity contribution < 1.29 is 13.5 Å². The highest BCUT2D eigenvalue weighted by Gasteiger charge is 2.06. The number of aryl methyl sites for hydroxylation is 1. The number of anilines is 1. The van der Waals surface area contributed by atoms with Gasteiger partial charge in [0.05, 0.1) is 11.9 Å². The van der Waals surface area contributed by atoms with Gasteiger partial charge in [0.15, 0.2) is 0 Å². The summed E-state index contributed by atoms with van der Waals surface area (Å²) in [7, 11) is 0. The third-order valence-corrected chi connectivity index (χ3v) is 2.10. The summed E-state index contributed by atoms with van der Waals surface area (Å²) in [6, 6.07) is 4.61. The molecule has 0 unspecified atom stereocenters. The molecule has 0 bridgehead atoms. The van der Waals surface area contributed by atoms with Crippen molar-refractivity contribution in [1.29, 1.82) is 0 Å². The molecule has 0 saturated carbocycles. The van der Waals surface area contributed by atoms with E-state index in [9.17, 15) is 8.78 Å². The van der Waals surface area contributed by atoms with Crippen LogP contribution < -0.4 is 10.5 Å². The summed E-state index contributed by atoms with van der Waals surface area (Å²) < 4.78 is 31.1. The van der Waals surface area contributed by atoms with Crippen LogP contribution in [0.1, 0.15) is 5.56 Å². The molecule has 0 spiro atoms. The average molecular weight is 236 g/mol. The fourth-order valence-corrected chi connectivity index (χ4v) is 1.39. The zero-order valence-corrected chi connectivity index (χ0v) is 9.08. The zero-order chi connectivity index (χ0) is 12.4. The Morgan fingerprint density at radius 3 is 2.35 bits per heavy atom. The molecule has 1 aromatic heterocycles. The van der Waals surface area contributed by atoms with E-state index in [0.29, 0.717) is 11.3 Å². The van der Waals surface area contributed by atoms with Crippen molar-refractivity contribution in [2.24, 2.45) is 0 Å². The van der Waals surface area contributed by atoms with Crippen LogP contribution in [0.5, 0.6) is 11.6 Å². The van der Waals surface area contributed by atoms with E-state index < -0.39 is 11.6 Å². The van der Waals surface area contributed by atoms with Gasteiger partial charge < -0.3 is 10.5 Å². The van der Waals surface area contributed by atoms with E-state index in [2.05, 4.69) is 4.98 Å². The molecule has 0 aliphatic heterocycles. The third kappa shape index (κ3) is 2.69. The highest BCUT2D eigenvalue weighted by Crippen LogP contribution is 2.25. The molecule has 0 aliphatic rings. The monoisotopic (exact) mass is 236 g/mol. The lowest BCUT2D eigenvalue weighted by molar-refractivity contribution is 0.448. The normalized spacial score (nSPS) is 10.3. The van der Waals surface area contributed by atoms with Crippen molar-refractivity contribution >= 4 is 5.69 Å². The molecular weight excluding hydrogens is 226 g/mol. The number of nitrogens with two attached hydrogens (primary N) is 1. The van der Waals surface area contributed by atoms with Gasteiger partial charge in [0.25, 0.3) is 0 Å². The molecule has 88 valence electrons. The Hall–Kier alpha value is -2.17. The van der Waals surface area contributed by atoms with E-state index in [4.69, 9.17) is 10.5 Å². The molecule has 5 heteroatoms. The van der Waals surface area contributed by atoms with Gasteiger partial charge in [-0.25, -0.2) is 13.8 Å². The lowest BCUT2D eigenvalue weighted by atomic mass is 10.3. The van der Waals surface area contributed by atoms with E-state index in [1.807, 2.05) is 0 Å². The number of aromatic nitrogens is 1. The number of rotatable bonds is 2. The van der Waals surface area contributed by atoms with Gasteiger partial charge in [0.1, 0.15) is 17.4 Å². The summed E-state index contributed by atoms with van der Waals surface area (Å²) in [5.74, 6) is -1.08. The Kier molecular flexibility index (Phi) is 2.91. The number of hydrogen-bond donors (Lipinski definition) is 1. The van der Waals surface area contributed by atoms with Crippen LogP contribution >= 0.6 is 0 Å². The average Bonchev–Trinajstić information content (AvgIpc) is 2.21. The Balaban J connectivity index is 2.31. The maximum Gasteiger partial charge on any atom is 0.222 e. The second-order valence-corrected chi connectivity index (χ2v) is 3.60. The molecule has 1 heterocycles. The summed E-state index contributed by atoms with van der Waals surface area (Å²) in [5, 5.41) is 0. The van der Waals surface area contributed by atoms with Crippen LogP contribution in [0.25, 0.3) is 0 Å². The molecule has 17 heavy (non-hydrogen) atoms. The molecule has 0 saturated heterocycles. The van der Waals surface area contributed by atoms with E-state index in [0.717, 1.165) is 18.2 Å². The minimum absolute atomic E-state index is 0.0582. The van der Waals surface area contributed by atoms with Crippen molar-refractivity contribution in [2.45, 2.75) is 6.92 Å². The van der Waals surface area contributed by atoms with Gasteiger partial charge in [-0.1, -0.05) is 0 Å². The van der Waals surface area contributed by atoms with Crippen molar-refractivity contribution in [3.8, 4) is 11.6 Å². The van der Waals surface area contributed by atoms with E-state index >= 15 is 0 Å². The van der Waals surface area contributed by atoms with E-state index in [1.165, 1.54) is 6.20 Å². The molecule has 0 amide bonds. The van der Waals surface area contributed by atoms with Crippen LogP contribution in [-0.2, 0) is 0 Å². The molecule has 1 aromatic carbocycles. The third-order valence-electron chi connectivity index (χ3n) is 2.10. The molecule has 2 N–H and O–H groups in total. The first-order valence-electron chi connectivity index (χ1n) is 4.90. The summed E-state index contributed by atoms with van der Waals surface area (Å²) in [5.41, 5.74) is 6.72. The Bertz CT molecular complexity index is 538. The number of hydrogen-bond acceptors (Lipinski definition) is 3. The smallest absolute Gasteiger partial charge is 0.222 e. The minimum atomic E-state index is -0.701. The molecular formula is C12H10F2N2O. The first-order chi connectivity index (χ1) is 8.04. The fourth-order valence-electron chi connectivity index (χ4n) is 1.39. The van der Waals surface area contributed by atoms with Crippen LogP contribution in [0, 0.1) is 18.6 Å². The predicted molar refractivity (Wildman–Crippen MR) is 59.8 cm³/mol. The van der Waals surface area contributed by atoms with Gasteiger partial charge >= 0.3 is 0 Å². The van der Waals surface area contributed by atoms with Crippen LogP contribution in [0.4, 0.5) is 14.5 Å². The van der Waals surface area contributed by atoms with Crippen LogP contribution in [-0.4, -0.2) is 4.98 Å². The predicted octanol–water partition coefficient (Wildman–Crippen LogP) is 3.04. The summed E-state index contributed by atoms with van der Waals surface area (Å²) in [4.78, 5) is 3.94. The summed E-state index contributed by atoms with van der Waals surface area (Å²) in [6.07, 6.45) is 1.41. The van der Waals surface area contributed by atoms with Crippen molar-refractivity contribution in [1.82, 2.24) is 4.98 Å². The summed E-state index contributed by atoms with van der Waals surface area (Å²) >= 11 is 0. The van der Waals surface area contributed by atoms with Crippen LogP contribution in [0.3, 0.4) is 0 Å². The highest BCUT2D eigenvalue weighted by molar-refractivity contribution is 5.43. The minimum Gasteiger partial charge on any atom is -0.439 e. The largest absolute Gasteiger partial charge is 0.439 e. The molecule has 2 rings (SSSR count). The van der Waals surface area contributed by atoms with Gasteiger partial charge in [-0.05, 0) is 13.0 Å². The maximum atomic E-state index is 12.9. The number of nitrogens with zero attached hydrogens (tertiary/aromatic N) is 1. The van der Waals surface area contributed by atoms with Gasteiger partial charge in [-0.15, -0.1) is 0 Å². The SMILES string of the molecule is Cc1cc(N)cnc1Oc1cc(F)cc(F)c1. The number of benzene rings is 1. The number of nitrogen functional groups attached to an aromatic ring is 1.